The van der Waals surface area contributed by atoms with Gasteiger partial charge in [-0.2, -0.15) is 0 Å². The van der Waals surface area contributed by atoms with Crippen LogP contribution >= 0.6 is 0 Å². The predicted octanol–water partition coefficient (Wildman–Crippen LogP) is 5.33. The summed E-state index contributed by atoms with van der Waals surface area (Å²) in [4.78, 5) is 31.4. The molecule has 0 saturated heterocycles. The van der Waals surface area contributed by atoms with E-state index in [9.17, 15) is 9.59 Å². The van der Waals surface area contributed by atoms with Gasteiger partial charge in [-0.1, -0.05) is 80.6 Å². The number of imide groups is 1. The first-order valence-electron chi connectivity index (χ1n) is 11.8. The maximum Gasteiger partial charge on any atom is 0.278 e. The Kier molecular flexibility index (Phi) is 5.63. The lowest BCUT2D eigenvalue weighted by molar-refractivity contribution is -0.140. The summed E-state index contributed by atoms with van der Waals surface area (Å²) in [6.07, 6.45) is 9.65. The molecule has 1 saturated carbocycles. The smallest absolute Gasteiger partial charge is 0.278 e. The van der Waals surface area contributed by atoms with Crippen LogP contribution in [0.2, 0.25) is 0 Å². The molecule has 2 heterocycles. The molecule has 5 rings (SSSR count). The van der Waals surface area contributed by atoms with Crippen molar-refractivity contribution in [1.29, 1.82) is 0 Å². The number of hydrogen-bond donors (Lipinski definition) is 0. The highest BCUT2D eigenvalue weighted by Crippen LogP contribution is 2.39. The first kappa shape index (κ1) is 20.0. The van der Waals surface area contributed by atoms with E-state index in [2.05, 4.69) is 23.1 Å². The lowest BCUT2D eigenvalue weighted by atomic mass is 9.95. The number of carbonyl (C=O) groups is 2. The molecule has 0 unspecified atom stereocenters. The number of anilines is 1. The van der Waals surface area contributed by atoms with Crippen LogP contribution < -0.4 is 4.90 Å². The van der Waals surface area contributed by atoms with Gasteiger partial charge in [0.15, 0.2) is 0 Å². The molecular weight excluding hydrogens is 384 g/mol. The van der Waals surface area contributed by atoms with Crippen LogP contribution in [-0.4, -0.2) is 29.3 Å². The molecule has 0 spiro atoms. The van der Waals surface area contributed by atoms with Crippen LogP contribution in [0.5, 0.6) is 0 Å². The van der Waals surface area contributed by atoms with E-state index in [-0.39, 0.29) is 17.9 Å². The van der Waals surface area contributed by atoms with Crippen molar-refractivity contribution in [2.45, 2.75) is 63.8 Å². The van der Waals surface area contributed by atoms with Crippen molar-refractivity contribution in [3.05, 3.63) is 71.4 Å². The minimum atomic E-state index is -0.111. The molecule has 0 bridgehead atoms. The summed E-state index contributed by atoms with van der Waals surface area (Å²) in [6.45, 7) is 0.764. The average molecular weight is 415 g/mol. The molecule has 2 aliphatic heterocycles. The molecule has 2 aromatic rings. The Labute approximate surface area is 184 Å². The monoisotopic (exact) mass is 414 g/mol. The molecular formula is C27H30N2O2. The summed E-state index contributed by atoms with van der Waals surface area (Å²) < 4.78 is 0. The van der Waals surface area contributed by atoms with Crippen LogP contribution in [0, 0.1) is 0 Å². The topological polar surface area (TPSA) is 40.6 Å². The van der Waals surface area contributed by atoms with Crippen molar-refractivity contribution in [1.82, 2.24) is 4.90 Å². The van der Waals surface area contributed by atoms with Crippen molar-refractivity contribution in [3.8, 4) is 0 Å². The quantitative estimate of drug-likeness (QED) is 0.637. The van der Waals surface area contributed by atoms with Crippen molar-refractivity contribution in [2.24, 2.45) is 0 Å². The molecule has 4 nitrogen and oxygen atoms in total. The summed E-state index contributed by atoms with van der Waals surface area (Å²) >= 11 is 0. The van der Waals surface area contributed by atoms with Crippen LogP contribution in [0.15, 0.2) is 60.3 Å². The molecule has 0 N–H and O–H groups in total. The number of amides is 2. The standard InChI is InChI=1S/C27H30N2O2/c30-26-24(21-13-5-4-6-14-21)25(28-19-11-15-20-12-9-10-18-23(20)28)27(31)29(26)22-16-7-2-1-3-8-17-22/h4-6,9-10,12-14,18,22H,1-3,7-8,11,15-17,19H2. The van der Waals surface area contributed by atoms with Gasteiger partial charge in [0, 0.05) is 18.3 Å². The number of hydrogen-bond acceptors (Lipinski definition) is 3. The summed E-state index contributed by atoms with van der Waals surface area (Å²) in [5.74, 6) is -0.217. The molecule has 1 aliphatic carbocycles. The molecule has 160 valence electrons. The van der Waals surface area contributed by atoms with Crippen molar-refractivity contribution in [2.75, 3.05) is 11.4 Å². The van der Waals surface area contributed by atoms with Gasteiger partial charge >= 0.3 is 0 Å². The second kappa shape index (κ2) is 8.70. The van der Waals surface area contributed by atoms with E-state index in [1.165, 1.54) is 24.8 Å². The molecule has 31 heavy (non-hydrogen) atoms. The fraction of sp³-hybridized carbons (Fsp3) is 0.407. The van der Waals surface area contributed by atoms with Gasteiger partial charge in [0.2, 0.25) is 0 Å². The highest BCUT2D eigenvalue weighted by molar-refractivity contribution is 6.37. The zero-order chi connectivity index (χ0) is 21.2. The Hall–Kier alpha value is -2.88. The van der Waals surface area contributed by atoms with Crippen LogP contribution in [0.4, 0.5) is 5.69 Å². The number of aryl methyl sites for hydroxylation is 1. The van der Waals surface area contributed by atoms with Crippen molar-refractivity contribution < 1.29 is 9.59 Å². The van der Waals surface area contributed by atoms with Gasteiger partial charge in [0.25, 0.3) is 11.8 Å². The number of para-hydroxylation sites is 1. The van der Waals surface area contributed by atoms with Gasteiger partial charge in [-0.05, 0) is 42.9 Å². The van der Waals surface area contributed by atoms with Gasteiger partial charge in [0.1, 0.15) is 5.70 Å². The van der Waals surface area contributed by atoms with E-state index in [1.54, 1.807) is 4.90 Å². The van der Waals surface area contributed by atoms with E-state index >= 15 is 0 Å². The third-order valence-electron chi connectivity index (χ3n) is 6.97. The Morgan fingerprint density at radius 1 is 0.710 bits per heavy atom. The second-order valence-corrected chi connectivity index (χ2v) is 8.95. The summed E-state index contributed by atoms with van der Waals surface area (Å²) in [7, 11) is 0. The third-order valence-corrected chi connectivity index (χ3v) is 6.97. The van der Waals surface area contributed by atoms with E-state index in [0.29, 0.717) is 11.3 Å². The summed E-state index contributed by atoms with van der Waals surface area (Å²) in [5.41, 5.74) is 4.30. The second-order valence-electron chi connectivity index (χ2n) is 8.95. The number of rotatable bonds is 3. The maximum atomic E-state index is 13.9. The zero-order valence-corrected chi connectivity index (χ0v) is 18.1. The third kappa shape index (κ3) is 3.69. The SMILES string of the molecule is O=C1C(c2ccccc2)=C(N2CCCc3ccccc32)C(=O)N1C1CCCCCCC1. The summed E-state index contributed by atoms with van der Waals surface area (Å²) in [5, 5.41) is 0. The Morgan fingerprint density at radius 2 is 1.39 bits per heavy atom. The Bertz CT molecular complexity index is 1000. The van der Waals surface area contributed by atoms with Crippen LogP contribution in [0.1, 0.15) is 62.5 Å². The zero-order valence-electron chi connectivity index (χ0n) is 18.1. The largest absolute Gasteiger partial charge is 0.336 e. The molecule has 2 amide bonds. The number of carbonyl (C=O) groups excluding carboxylic acids is 2. The Morgan fingerprint density at radius 3 is 2.16 bits per heavy atom. The van der Waals surface area contributed by atoms with Crippen LogP contribution in [0.25, 0.3) is 5.57 Å². The number of nitrogens with zero attached hydrogens (tertiary/aromatic N) is 2. The average Bonchev–Trinajstić information content (AvgIpc) is 3.04. The number of fused-ring (bicyclic) bond motifs is 1. The van der Waals surface area contributed by atoms with Crippen LogP contribution in [-0.2, 0) is 16.0 Å². The van der Waals surface area contributed by atoms with E-state index in [0.717, 1.165) is 56.3 Å². The van der Waals surface area contributed by atoms with Crippen LogP contribution in [0.3, 0.4) is 0 Å². The van der Waals surface area contributed by atoms with Gasteiger partial charge in [-0.3, -0.25) is 14.5 Å². The lowest BCUT2D eigenvalue weighted by Crippen LogP contribution is -2.43. The Balaban J connectivity index is 1.60. The van der Waals surface area contributed by atoms with Gasteiger partial charge < -0.3 is 4.90 Å². The molecule has 3 aliphatic rings. The predicted molar refractivity (Wildman–Crippen MR) is 123 cm³/mol. The first-order valence-corrected chi connectivity index (χ1v) is 11.8. The molecule has 1 fully saturated rings. The van der Waals surface area contributed by atoms with Gasteiger partial charge in [-0.25, -0.2) is 0 Å². The van der Waals surface area contributed by atoms with Crippen molar-refractivity contribution >= 4 is 23.1 Å². The minimum Gasteiger partial charge on any atom is -0.336 e. The molecule has 4 heteroatoms. The fourth-order valence-corrected chi connectivity index (χ4v) is 5.44. The summed E-state index contributed by atoms with van der Waals surface area (Å²) in [6, 6.07) is 18.1. The maximum absolute atomic E-state index is 13.9. The van der Waals surface area contributed by atoms with E-state index in [1.807, 2.05) is 36.4 Å². The molecule has 2 aromatic carbocycles. The first-order chi connectivity index (χ1) is 15.3. The fourth-order valence-electron chi connectivity index (χ4n) is 5.44. The highest BCUT2D eigenvalue weighted by Gasteiger charge is 2.45. The molecule has 0 radical (unpaired) electrons. The normalized spacial score (nSPS) is 20.6. The molecule has 0 atom stereocenters. The van der Waals surface area contributed by atoms with Crippen molar-refractivity contribution in [3.63, 3.8) is 0 Å². The number of benzene rings is 2. The molecule has 0 aromatic heterocycles. The highest BCUT2D eigenvalue weighted by atomic mass is 16.2. The minimum absolute atomic E-state index is 0.0107. The van der Waals surface area contributed by atoms with Gasteiger partial charge in [-0.15, -0.1) is 0 Å². The van der Waals surface area contributed by atoms with E-state index < -0.39 is 0 Å². The lowest BCUT2D eigenvalue weighted by Gasteiger charge is -2.33. The van der Waals surface area contributed by atoms with E-state index in [4.69, 9.17) is 0 Å². The van der Waals surface area contributed by atoms with Gasteiger partial charge in [0.05, 0.1) is 5.57 Å².